The maximum atomic E-state index is 6.46. The molecule has 1 spiro atoms. The van der Waals surface area contributed by atoms with Gasteiger partial charge in [-0.25, -0.2) is 0 Å². The minimum atomic E-state index is 0.109. The normalized spacial score (nSPS) is 29.5. The van der Waals surface area contributed by atoms with E-state index in [1.165, 1.54) is 44.2 Å². The standard InChI is InChI=1S/C17H25NO/c1-18(2)12-10-15-8-5-6-11-17(15)13-14-7-3-4-9-16(14)19-17/h3-4,7,9,15H,5-6,8,10-13H2,1-2H3/t15-,17+/m1/s1. The van der Waals surface area contributed by atoms with E-state index in [1.807, 2.05) is 0 Å². The Morgan fingerprint density at radius 3 is 2.89 bits per heavy atom. The van der Waals surface area contributed by atoms with Crippen LogP contribution in [0.4, 0.5) is 0 Å². The predicted octanol–water partition coefficient (Wildman–Crippen LogP) is 3.50. The van der Waals surface area contributed by atoms with Gasteiger partial charge >= 0.3 is 0 Å². The molecule has 0 saturated heterocycles. The molecule has 1 aromatic rings. The summed E-state index contributed by atoms with van der Waals surface area (Å²) in [6.07, 6.45) is 7.66. The van der Waals surface area contributed by atoms with Crippen LogP contribution in [-0.4, -0.2) is 31.1 Å². The lowest BCUT2D eigenvalue weighted by Crippen LogP contribution is -2.46. The molecule has 0 amide bonds. The van der Waals surface area contributed by atoms with E-state index in [9.17, 15) is 0 Å². The van der Waals surface area contributed by atoms with Gasteiger partial charge in [0.1, 0.15) is 11.4 Å². The summed E-state index contributed by atoms with van der Waals surface area (Å²) in [7, 11) is 4.33. The summed E-state index contributed by atoms with van der Waals surface area (Å²) in [4.78, 5) is 2.30. The van der Waals surface area contributed by atoms with E-state index < -0.39 is 0 Å². The Balaban J connectivity index is 1.78. The number of hydrogen-bond acceptors (Lipinski definition) is 2. The van der Waals surface area contributed by atoms with Crippen LogP contribution < -0.4 is 4.74 Å². The van der Waals surface area contributed by atoms with E-state index >= 15 is 0 Å². The van der Waals surface area contributed by atoms with Gasteiger partial charge in [0.25, 0.3) is 0 Å². The number of nitrogens with zero attached hydrogens (tertiary/aromatic N) is 1. The van der Waals surface area contributed by atoms with Crippen LogP contribution in [0.3, 0.4) is 0 Å². The minimum Gasteiger partial charge on any atom is -0.486 e. The summed E-state index contributed by atoms with van der Waals surface area (Å²) in [6.45, 7) is 1.17. The summed E-state index contributed by atoms with van der Waals surface area (Å²) in [5.74, 6) is 1.86. The molecule has 1 aliphatic carbocycles. The molecule has 2 heteroatoms. The van der Waals surface area contributed by atoms with Crippen molar-refractivity contribution in [2.24, 2.45) is 5.92 Å². The fourth-order valence-electron chi connectivity index (χ4n) is 3.80. The predicted molar refractivity (Wildman–Crippen MR) is 78.6 cm³/mol. The van der Waals surface area contributed by atoms with Gasteiger partial charge in [0.05, 0.1) is 0 Å². The Kier molecular flexibility index (Phi) is 3.53. The number of hydrogen-bond donors (Lipinski definition) is 0. The monoisotopic (exact) mass is 259 g/mol. The molecule has 104 valence electrons. The van der Waals surface area contributed by atoms with Crippen LogP contribution in [0.1, 0.15) is 37.7 Å². The molecule has 0 radical (unpaired) electrons. The van der Waals surface area contributed by atoms with Crippen LogP contribution in [-0.2, 0) is 6.42 Å². The van der Waals surface area contributed by atoms with E-state index in [-0.39, 0.29) is 5.60 Å². The molecule has 1 aliphatic heterocycles. The van der Waals surface area contributed by atoms with E-state index in [4.69, 9.17) is 4.74 Å². The Bertz CT molecular complexity index is 416. The lowest BCUT2D eigenvalue weighted by molar-refractivity contribution is -0.0111. The summed E-state index contributed by atoms with van der Waals surface area (Å²) in [5, 5.41) is 0. The second-order valence-electron chi connectivity index (χ2n) is 6.49. The van der Waals surface area contributed by atoms with Crippen LogP contribution in [0.25, 0.3) is 0 Å². The third-order valence-corrected chi connectivity index (χ3v) is 4.85. The van der Waals surface area contributed by atoms with Gasteiger partial charge in [0.15, 0.2) is 0 Å². The van der Waals surface area contributed by atoms with Gasteiger partial charge in [0.2, 0.25) is 0 Å². The number of ether oxygens (including phenoxy) is 1. The minimum absolute atomic E-state index is 0.109. The fourth-order valence-corrected chi connectivity index (χ4v) is 3.80. The molecule has 2 atom stereocenters. The first kappa shape index (κ1) is 13.0. The molecule has 2 nitrogen and oxygen atoms in total. The fraction of sp³-hybridized carbons (Fsp3) is 0.647. The molecular formula is C17H25NO. The van der Waals surface area contributed by atoms with Crippen molar-refractivity contribution in [2.45, 2.75) is 44.1 Å². The lowest BCUT2D eigenvalue weighted by atomic mass is 9.71. The van der Waals surface area contributed by atoms with Gasteiger partial charge in [-0.3, -0.25) is 0 Å². The van der Waals surface area contributed by atoms with Crippen molar-refractivity contribution in [3.8, 4) is 5.75 Å². The average Bonchev–Trinajstić information content (AvgIpc) is 2.76. The second kappa shape index (κ2) is 5.16. The average molecular weight is 259 g/mol. The van der Waals surface area contributed by atoms with Gasteiger partial charge in [-0.05, 0) is 58.0 Å². The van der Waals surface area contributed by atoms with E-state index in [0.29, 0.717) is 0 Å². The first-order valence-corrected chi connectivity index (χ1v) is 7.61. The smallest absolute Gasteiger partial charge is 0.123 e. The molecule has 1 fully saturated rings. The summed E-state index contributed by atoms with van der Waals surface area (Å²) < 4.78 is 6.46. The highest BCUT2D eigenvalue weighted by Crippen LogP contribution is 2.47. The van der Waals surface area contributed by atoms with Crippen LogP contribution in [0.15, 0.2) is 24.3 Å². The number of rotatable bonds is 3. The maximum absolute atomic E-state index is 6.46. The summed E-state index contributed by atoms with van der Waals surface area (Å²) in [6, 6.07) is 8.61. The number of para-hydroxylation sites is 1. The van der Waals surface area contributed by atoms with Gasteiger partial charge in [-0.2, -0.15) is 0 Å². The van der Waals surface area contributed by atoms with Crippen molar-refractivity contribution >= 4 is 0 Å². The molecule has 2 aliphatic rings. The molecule has 0 N–H and O–H groups in total. The highest BCUT2D eigenvalue weighted by Gasteiger charge is 2.46. The van der Waals surface area contributed by atoms with Crippen LogP contribution >= 0.6 is 0 Å². The molecule has 1 aromatic carbocycles. The number of fused-ring (bicyclic) bond motifs is 1. The van der Waals surface area contributed by atoms with E-state index in [2.05, 4.69) is 43.3 Å². The van der Waals surface area contributed by atoms with E-state index in [1.54, 1.807) is 0 Å². The quantitative estimate of drug-likeness (QED) is 0.823. The zero-order valence-electron chi connectivity index (χ0n) is 12.2. The first-order valence-electron chi connectivity index (χ1n) is 7.61. The second-order valence-corrected chi connectivity index (χ2v) is 6.49. The van der Waals surface area contributed by atoms with Crippen molar-refractivity contribution in [1.29, 1.82) is 0 Å². The Hall–Kier alpha value is -1.02. The zero-order chi connectivity index (χ0) is 13.3. The highest BCUT2D eigenvalue weighted by molar-refractivity contribution is 5.39. The molecule has 1 heterocycles. The Labute approximate surface area is 116 Å². The zero-order valence-corrected chi connectivity index (χ0v) is 12.2. The van der Waals surface area contributed by atoms with Gasteiger partial charge < -0.3 is 9.64 Å². The van der Waals surface area contributed by atoms with Crippen molar-refractivity contribution < 1.29 is 4.74 Å². The third kappa shape index (κ3) is 2.51. The maximum Gasteiger partial charge on any atom is 0.123 e. The van der Waals surface area contributed by atoms with Crippen LogP contribution in [0, 0.1) is 5.92 Å². The van der Waals surface area contributed by atoms with E-state index in [0.717, 1.165) is 18.1 Å². The van der Waals surface area contributed by atoms with Gasteiger partial charge in [-0.15, -0.1) is 0 Å². The first-order chi connectivity index (χ1) is 9.20. The molecule has 0 unspecified atom stereocenters. The van der Waals surface area contributed by atoms with Crippen molar-refractivity contribution in [2.75, 3.05) is 20.6 Å². The molecule has 0 aromatic heterocycles. The Morgan fingerprint density at radius 2 is 2.11 bits per heavy atom. The van der Waals surface area contributed by atoms with Crippen molar-refractivity contribution in [1.82, 2.24) is 4.90 Å². The largest absolute Gasteiger partial charge is 0.486 e. The third-order valence-electron chi connectivity index (χ3n) is 4.85. The Morgan fingerprint density at radius 1 is 1.26 bits per heavy atom. The molecule has 1 saturated carbocycles. The SMILES string of the molecule is CN(C)CC[C@H]1CCCC[C@]12Cc1ccccc1O2. The molecular weight excluding hydrogens is 234 g/mol. The molecule has 19 heavy (non-hydrogen) atoms. The summed E-state index contributed by atoms with van der Waals surface area (Å²) >= 11 is 0. The van der Waals surface area contributed by atoms with Crippen LogP contribution in [0.2, 0.25) is 0 Å². The van der Waals surface area contributed by atoms with Crippen LogP contribution in [0.5, 0.6) is 5.75 Å². The lowest BCUT2D eigenvalue weighted by Gasteiger charge is -2.41. The topological polar surface area (TPSA) is 12.5 Å². The highest BCUT2D eigenvalue weighted by atomic mass is 16.5. The van der Waals surface area contributed by atoms with Crippen molar-refractivity contribution in [3.05, 3.63) is 29.8 Å². The molecule has 0 bridgehead atoms. The van der Waals surface area contributed by atoms with Gasteiger partial charge in [-0.1, -0.05) is 24.6 Å². The summed E-state index contributed by atoms with van der Waals surface area (Å²) in [5.41, 5.74) is 1.53. The van der Waals surface area contributed by atoms with Crippen molar-refractivity contribution in [3.63, 3.8) is 0 Å². The molecule has 3 rings (SSSR count). The van der Waals surface area contributed by atoms with Gasteiger partial charge in [0, 0.05) is 12.3 Å². The number of benzene rings is 1.